The minimum Gasteiger partial charge on any atom is -0.490 e. The van der Waals surface area contributed by atoms with Crippen LogP contribution in [0.3, 0.4) is 0 Å². The van der Waals surface area contributed by atoms with Crippen molar-refractivity contribution in [3.05, 3.63) is 22.7 Å². The van der Waals surface area contributed by atoms with Gasteiger partial charge in [0.2, 0.25) is 0 Å². The van der Waals surface area contributed by atoms with E-state index >= 15 is 0 Å². The maximum atomic E-state index is 12.4. The van der Waals surface area contributed by atoms with Crippen LogP contribution < -0.4 is 14.8 Å². The molecular formula is C18H24ClNO5. The molecule has 0 aromatic heterocycles. The Bertz CT molecular complexity index is 643. The van der Waals surface area contributed by atoms with Gasteiger partial charge in [0, 0.05) is 12.1 Å². The number of carbonyl (C=O) groups excluding carboxylic acids is 1. The van der Waals surface area contributed by atoms with Gasteiger partial charge in [0.05, 0.1) is 23.7 Å². The molecule has 2 rings (SSSR count). The lowest BCUT2D eigenvalue weighted by atomic mass is 10.1. The Morgan fingerprint density at radius 3 is 2.56 bits per heavy atom. The first-order valence-electron chi connectivity index (χ1n) is 8.54. The van der Waals surface area contributed by atoms with E-state index in [0.717, 1.165) is 12.8 Å². The second-order valence-corrected chi connectivity index (χ2v) is 6.60. The van der Waals surface area contributed by atoms with Crippen molar-refractivity contribution in [1.29, 1.82) is 0 Å². The standard InChI is InChI=1S/C18H24ClNO5/c1-3-5-8-25-15-13(19)9-12(10-14(15)24-4-2)16(21)20-11-18(6-7-18)17(22)23/h9-10H,3-8,11H2,1-2H3,(H,20,21)(H,22,23). The first kappa shape index (κ1) is 19.4. The third kappa shape index (κ3) is 4.78. The van der Waals surface area contributed by atoms with Gasteiger partial charge < -0.3 is 19.9 Å². The minimum absolute atomic E-state index is 0.109. The molecule has 1 aliphatic rings. The van der Waals surface area contributed by atoms with Crippen molar-refractivity contribution in [3.8, 4) is 11.5 Å². The largest absolute Gasteiger partial charge is 0.490 e. The summed E-state index contributed by atoms with van der Waals surface area (Å²) in [6, 6.07) is 3.09. The van der Waals surface area contributed by atoms with Crippen molar-refractivity contribution >= 4 is 23.5 Å². The van der Waals surface area contributed by atoms with Crippen LogP contribution in [0.1, 0.15) is 49.9 Å². The Labute approximate surface area is 152 Å². The van der Waals surface area contributed by atoms with Crippen molar-refractivity contribution in [2.75, 3.05) is 19.8 Å². The lowest BCUT2D eigenvalue weighted by Gasteiger charge is -2.16. The van der Waals surface area contributed by atoms with Crippen LogP contribution in [0.4, 0.5) is 0 Å². The maximum Gasteiger partial charge on any atom is 0.311 e. The Morgan fingerprint density at radius 1 is 1.28 bits per heavy atom. The molecule has 7 heteroatoms. The monoisotopic (exact) mass is 369 g/mol. The summed E-state index contributed by atoms with van der Waals surface area (Å²) in [7, 11) is 0. The molecule has 1 aromatic rings. The summed E-state index contributed by atoms with van der Waals surface area (Å²) in [5.41, 5.74) is -0.497. The Morgan fingerprint density at radius 2 is 2.00 bits per heavy atom. The van der Waals surface area contributed by atoms with Crippen molar-refractivity contribution in [2.45, 2.75) is 39.5 Å². The van der Waals surface area contributed by atoms with Gasteiger partial charge in [-0.2, -0.15) is 0 Å². The van der Waals surface area contributed by atoms with Gasteiger partial charge in [-0.1, -0.05) is 24.9 Å². The van der Waals surface area contributed by atoms with E-state index in [9.17, 15) is 14.7 Å². The molecule has 0 heterocycles. The number of hydrogen-bond acceptors (Lipinski definition) is 4. The number of carbonyl (C=O) groups is 2. The van der Waals surface area contributed by atoms with Crippen molar-refractivity contribution in [3.63, 3.8) is 0 Å². The number of hydrogen-bond donors (Lipinski definition) is 2. The Kier molecular flexibility index (Phi) is 6.53. The number of amides is 1. The summed E-state index contributed by atoms with van der Waals surface area (Å²) in [4.78, 5) is 23.5. The highest BCUT2D eigenvalue weighted by atomic mass is 35.5. The maximum absolute atomic E-state index is 12.4. The molecule has 0 radical (unpaired) electrons. The smallest absolute Gasteiger partial charge is 0.311 e. The first-order chi connectivity index (χ1) is 11.9. The van der Waals surface area contributed by atoms with Crippen molar-refractivity contribution in [1.82, 2.24) is 5.32 Å². The van der Waals surface area contributed by atoms with Crippen LogP contribution in [0.5, 0.6) is 11.5 Å². The van der Waals surface area contributed by atoms with Gasteiger partial charge in [0.15, 0.2) is 11.5 Å². The van der Waals surface area contributed by atoms with Crippen LogP contribution in [-0.4, -0.2) is 36.7 Å². The molecular weight excluding hydrogens is 346 g/mol. The number of nitrogens with one attached hydrogen (secondary N) is 1. The van der Waals surface area contributed by atoms with E-state index < -0.39 is 11.4 Å². The Hall–Kier alpha value is -1.95. The average molecular weight is 370 g/mol. The number of benzene rings is 1. The molecule has 1 aliphatic carbocycles. The van der Waals surface area contributed by atoms with E-state index in [-0.39, 0.29) is 12.5 Å². The van der Waals surface area contributed by atoms with E-state index in [2.05, 4.69) is 12.2 Å². The molecule has 0 bridgehead atoms. The topological polar surface area (TPSA) is 84.9 Å². The molecule has 1 amide bonds. The normalized spacial score (nSPS) is 14.7. The second-order valence-electron chi connectivity index (χ2n) is 6.19. The van der Waals surface area contributed by atoms with E-state index in [1.54, 1.807) is 6.07 Å². The zero-order valence-electron chi connectivity index (χ0n) is 14.6. The lowest BCUT2D eigenvalue weighted by molar-refractivity contribution is -0.143. The third-order valence-corrected chi connectivity index (χ3v) is 4.49. The molecule has 1 fully saturated rings. The van der Waals surface area contributed by atoms with Crippen LogP contribution in [0.15, 0.2) is 12.1 Å². The zero-order valence-corrected chi connectivity index (χ0v) is 15.3. The second kappa shape index (κ2) is 8.43. The van der Waals surface area contributed by atoms with Gasteiger partial charge in [-0.3, -0.25) is 9.59 Å². The molecule has 0 spiro atoms. The summed E-state index contributed by atoms with van der Waals surface area (Å²) in [6.45, 7) is 4.93. The highest BCUT2D eigenvalue weighted by molar-refractivity contribution is 6.32. The summed E-state index contributed by atoms with van der Waals surface area (Å²) in [6.07, 6.45) is 3.05. The number of ether oxygens (including phenoxy) is 2. The average Bonchev–Trinajstić information content (AvgIpc) is 3.36. The van der Waals surface area contributed by atoms with Gasteiger partial charge in [0.1, 0.15) is 0 Å². The van der Waals surface area contributed by atoms with E-state index in [4.69, 9.17) is 21.1 Å². The number of carboxylic acids is 1. The first-order valence-corrected chi connectivity index (χ1v) is 8.92. The van der Waals surface area contributed by atoms with Crippen LogP contribution in [0.25, 0.3) is 0 Å². The zero-order chi connectivity index (χ0) is 18.4. The summed E-state index contributed by atoms with van der Waals surface area (Å²) < 4.78 is 11.2. The number of aliphatic carboxylic acids is 1. The molecule has 0 saturated heterocycles. The molecule has 25 heavy (non-hydrogen) atoms. The van der Waals surface area contributed by atoms with Gasteiger partial charge in [-0.25, -0.2) is 0 Å². The number of rotatable bonds is 10. The molecule has 6 nitrogen and oxygen atoms in total. The number of halogens is 1. The molecule has 1 aromatic carbocycles. The molecule has 0 unspecified atom stereocenters. The van der Waals surface area contributed by atoms with Crippen LogP contribution in [-0.2, 0) is 4.79 Å². The quantitative estimate of drug-likeness (QED) is 0.616. The molecule has 0 atom stereocenters. The third-order valence-electron chi connectivity index (χ3n) is 4.21. The number of unbranched alkanes of at least 4 members (excludes halogenated alkanes) is 1. The van der Waals surface area contributed by atoms with Crippen LogP contribution in [0.2, 0.25) is 5.02 Å². The lowest BCUT2D eigenvalue weighted by Crippen LogP contribution is -2.34. The highest BCUT2D eigenvalue weighted by Gasteiger charge is 2.50. The van der Waals surface area contributed by atoms with Gasteiger partial charge in [-0.05, 0) is 38.3 Å². The summed E-state index contributed by atoms with van der Waals surface area (Å²) >= 11 is 6.27. The number of carboxylic acid groups (broad SMARTS) is 1. The highest BCUT2D eigenvalue weighted by Crippen LogP contribution is 2.45. The molecule has 0 aliphatic heterocycles. The predicted molar refractivity (Wildman–Crippen MR) is 94.7 cm³/mol. The van der Waals surface area contributed by atoms with E-state index in [0.29, 0.717) is 48.1 Å². The summed E-state index contributed by atoms with van der Waals surface area (Å²) in [5.74, 6) is -0.413. The fraction of sp³-hybridized carbons (Fsp3) is 0.556. The van der Waals surface area contributed by atoms with Crippen LogP contribution in [0, 0.1) is 5.41 Å². The van der Waals surface area contributed by atoms with Crippen molar-refractivity contribution < 1.29 is 24.2 Å². The Balaban J connectivity index is 2.11. The SMILES string of the molecule is CCCCOc1c(Cl)cc(C(=O)NCC2(C(=O)O)CC2)cc1OCC. The van der Waals surface area contributed by atoms with Gasteiger partial charge >= 0.3 is 5.97 Å². The van der Waals surface area contributed by atoms with Gasteiger partial charge in [-0.15, -0.1) is 0 Å². The molecule has 138 valence electrons. The summed E-state index contributed by atoms with van der Waals surface area (Å²) in [5, 5.41) is 12.1. The fourth-order valence-electron chi connectivity index (χ4n) is 2.39. The predicted octanol–water partition coefficient (Wildman–Crippen LogP) is 3.51. The van der Waals surface area contributed by atoms with Crippen molar-refractivity contribution in [2.24, 2.45) is 5.41 Å². The van der Waals surface area contributed by atoms with E-state index in [1.165, 1.54) is 6.07 Å². The fourth-order valence-corrected chi connectivity index (χ4v) is 2.65. The van der Waals surface area contributed by atoms with Crippen LogP contribution >= 0.6 is 11.6 Å². The molecule has 2 N–H and O–H groups in total. The van der Waals surface area contributed by atoms with E-state index in [1.807, 2.05) is 6.92 Å². The molecule has 1 saturated carbocycles. The minimum atomic E-state index is -0.875. The van der Waals surface area contributed by atoms with Gasteiger partial charge in [0.25, 0.3) is 5.91 Å².